The molecule has 1 N–H and O–H groups in total. The van der Waals surface area contributed by atoms with Crippen LogP contribution >= 0.6 is 0 Å². The second kappa shape index (κ2) is 10.0. The van der Waals surface area contributed by atoms with Gasteiger partial charge in [0.25, 0.3) is 0 Å². The highest BCUT2D eigenvalue weighted by Crippen LogP contribution is 2.34. The maximum Gasteiger partial charge on any atom is 0.165 e. The summed E-state index contributed by atoms with van der Waals surface area (Å²) in [6, 6.07) is 19.0. The molecule has 0 heterocycles. The van der Waals surface area contributed by atoms with Gasteiger partial charge in [0.1, 0.15) is 6.61 Å². The van der Waals surface area contributed by atoms with E-state index in [0.29, 0.717) is 13.2 Å². The monoisotopic (exact) mass is 401 g/mol. The fourth-order valence-corrected chi connectivity index (χ4v) is 3.34. The lowest BCUT2D eigenvalue weighted by atomic mass is 10.0. The van der Waals surface area contributed by atoms with Crippen LogP contribution in [0.2, 0.25) is 0 Å². The minimum absolute atomic E-state index is 0.501. The summed E-state index contributed by atoms with van der Waals surface area (Å²) in [5.41, 5.74) is 8.28. The third kappa shape index (κ3) is 5.44. The van der Waals surface area contributed by atoms with Crippen molar-refractivity contribution in [1.29, 1.82) is 0 Å². The number of benzene rings is 3. The fraction of sp³-hybridized carbons (Fsp3) is 0.259. The lowest BCUT2D eigenvalue weighted by molar-refractivity contribution is 0.281. The van der Waals surface area contributed by atoms with Gasteiger partial charge in [-0.15, -0.1) is 6.58 Å². The van der Waals surface area contributed by atoms with Gasteiger partial charge in [0.15, 0.2) is 11.5 Å². The average Bonchev–Trinajstić information content (AvgIpc) is 2.74. The summed E-state index contributed by atoms with van der Waals surface area (Å²) in [4.78, 5) is 0. The van der Waals surface area contributed by atoms with Gasteiger partial charge in [0, 0.05) is 17.8 Å². The highest BCUT2D eigenvalue weighted by Gasteiger charge is 2.13. The Morgan fingerprint density at radius 2 is 1.67 bits per heavy atom. The lowest BCUT2D eigenvalue weighted by Gasteiger charge is -2.17. The summed E-state index contributed by atoms with van der Waals surface area (Å²) in [7, 11) is 1.69. The van der Waals surface area contributed by atoms with Crippen LogP contribution in [-0.4, -0.2) is 7.11 Å². The Balaban J connectivity index is 1.79. The van der Waals surface area contributed by atoms with E-state index >= 15 is 0 Å². The van der Waals surface area contributed by atoms with Gasteiger partial charge in [-0.05, 0) is 73.7 Å². The Bertz CT molecular complexity index is 1010. The zero-order valence-electron chi connectivity index (χ0n) is 18.4. The summed E-state index contributed by atoms with van der Waals surface area (Å²) in [5, 5.41) is 3.51. The third-order valence-electron chi connectivity index (χ3n) is 5.28. The van der Waals surface area contributed by atoms with Crippen molar-refractivity contribution in [3.8, 4) is 11.5 Å². The molecule has 0 unspecified atom stereocenters. The first kappa shape index (κ1) is 21.5. The zero-order valence-corrected chi connectivity index (χ0v) is 18.4. The van der Waals surface area contributed by atoms with Crippen molar-refractivity contribution in [3.05, 3.63) is 101 Å². The predicted molar refractivity (Wildman–Crippen MR) is 126 cm³/mol. The summed E-state index contributed by atoms with van der Waals surface area (Å²) < 4.78 is 11.9. The van der Waals surface area contributed by atoms with Gasteiger partial charge in [-0.2, -0.15) is 0 Å². The van der Waals surface area contributed by atoms with Crippen molar-refractivity contribution in [3.63, 3.8) is 0 Å². The Hall–Kier alpha value is -3.20. The van der Waals surface area contributed by atoms with Crippen molar-refractivity contribution in [2.75, 3.05) is 12.4 Å². The SMILES string of the molecule is C=CCc1cc(CNc2ccc(C)c(C)c2)cc(OC)c1OCc1ccc(C)cc1. The van der Waals surface area contributed by atoms with E-state index in [4.69, 9.17) is 9.47 Å². The molecule has 0 aromatic heterocycles. The molecule has 3 nitrogen and oxygen atoms in total. The molecule has 3 aromatic carbocycles. The van der Waals surface area contributed by atoms with E-state index in [-0.39, 0.29) is 0 Å². The van der Waals surface area contributed by atoms with Crippen LogP contribution in [0.4, 0.5) is 5.69 Å². The number of hydrogen-bond donors (Lipinski definition) is 1. The molecule has 3 heteroatoms. The molecule has 0 aliphatic heterocycles. The minimum Gasteiger partial charge on any atom is -0.493 e. The molecule has 0 bridgehead atoms. The Kier molecular flexibility index (Phi) is 7.18. The van der Waals surface area contributed by atoms with Crippen LogP contribution in [0.15, 0.2) is 67.3 Å². The van der Waals surface area contributed by atoms with Crippen molar-refractivity contribution < 1.29 is 9.47 Å². The molecule has 0 saturated heterocycles. The van der Waals surface area contributed by atoms with Gasteiger partial charge >= 0.3 is 0 Å². The molecule has 0 atom stereocenters. The first-order valence-corrected chi connectivity index (χ1v) is 10.3. The molecule has 0 amide bonds. The molecule has 0 radical (unpaired) electrons. The molecule has 0 aliphatic carbocycles. The Morgan fingerprint density at radius 1 is 0.900 bits per heavy atom. The second-order valence-electron chi connectivity index (χ2n) is 7.71. The normalized spacial score (nSPS) is 10.5. The van der Waals surface area contributed by atoms with Crippen LogP contribution in [0.5, 0.6) is 11.5 Å². The van der Waals surface area contributed by atoms with Gasteiger partial charge in [-0.3, -0.25) is 0 Å². The molecule has 0 saturated carbocycles. The molecule has 156 valence electrons. The number of rotatable bonds is 9. The average molecular weight is 402 g/mol. The van der Waals surface area contributed by atoms with Crippen molar-refractivity contribution in [1.82, 2.24) is 0 Å². The van der Waals surface area contributed by atoms with Crippen LogP contribution in [0.3, 0.4) is 0 Å². The lowest BCUT2D eigenvalue weighted by Crippen LogP contribution is -2.05. The summed E-state index contributed by atoms with van der Waals surface area (Å²) in [6.07, 6.45) is 2.62. The van der Waals surface area contributed by atoms with E-state index in [0.717, 1.165) is 40.3 Å². The van der Waals surface area contributed by atoms with Gasteiger partial charge in [-0.1, -0.05) is 42.0 Å². The van der Waals surface area contributed by atoms with Gasteiger partial charge < -0.3 is 14.8 Å². The van der Waals surface area contributed by atoms with Crippen LogP contribution in [0.1, 0.15) is 33.4 Å². The standard InChI is InChI=1S/C27H31NO2/c1-6-7-24-15-23(17-28-25-13-10-20(3)21(4)14-25)16-26(29-5)27(24)30-18-22-11-8-19(2)9-12-22/h6,8-16,28H,1,7,17-18H2,2-5H3. The minimum atomic E-state index is 0.501. The van der Waals surface area contributed by atoms with E-state index in [1.54, 1.807) is 7.11 Å². The first-order valence-electron chi connectivity index (χ1n) is 10.3. The third-order valence-corrected chi connectivity index (χ3v) is 5.28. The number of hydrogen-bond acceptors (Lipinski definition) is 3. The Labute approximate surface area is 180 Å². The number of methoxy groups -OCH3 is 1. The number of aryl methyl sites for hydroxylation is 3. The van der Waals surface area contributed by atoms with E-state index < -0.39 is 0 Å². The zero-order chi connectivity index (χ0) is 21.5. The van der Waals surface area contributed by atoms with Crippen LogP contribution in [0.25, 0.3) is 0 Å². The topological polar surface area (TPSA) is 30.5 Å². The van der Waals surface area contributed by atoms with Gasteiger partial charge in [0.05, 0.1) is 7.11 Å². The molecule has 0 fully saturated rings. The fourth-order valence-electron chi connectivity index (χ4n) is 3.34. The van der Waals surface area contributed by atoms with E-state index in [1.807, 2.05) is 12.1 Å². The van der Waals surface area contributed by atoms with Crippen molar-refractivity contribution in [2.45, 2.75) is 40.3 Å². The molecule has 0 spiro atoms. The highest BCUT2D eigenvalue weighted by atomic mass is 16.5. The Morgan fingerprint density at radius 3 is 2.33 bits per heavy atom. The number of anilines is 1. The molecular weight excluding hydrogens is 370 g/mol. The summed E-state index contributed by atoms with van der Waals surface area (Å²) >= 11 is 0. The smallest absolute Gasteiger partial charge is 0.165 e. The van der Waals surface area contributed by atoms with E-state index in [2.05, 4.69) is 81.2 Å². The molecular formula is C27H31NO2. The maximum atomic E-state index is 6.19. The second-order valence-corrected chi connectivity index (χ2v) is 7.71. The number of nitrogens with one attached hydrogen (secondary N) is 1. The molecule has 0 aliphatic rings. The number of ether oxygens (including phenoxy) is 2. The van der Waals surface area contributed by atoms with Gasteiger partial charge in [-0.25, -0.2) is 0 Å². The largest absolute Gasteiger partial charge is 0.493 e. The van der Waals surface area contributed by atoms with Crippen LogP contribution in [-0.2, 0) is 19.6 Å². The highest BCUT2D eigenvalue weighted by molar-refractivity contribution is 5.53. The number of allylic oxidation sites excluding steroid dienone is 1. The molecule has 3 rings (SSSR count). The quantitative estimate of drug-likeness (QED) is 0.413. The van der Waals surface area contributed by atoms with Crippen molar-refractivity contribution in [2.24, 2.45) is 0 Å². The first-order chi connectivity index (χ1) is 14.5. The molecule has 30 heavy (non-hydrogen) atoms. The van der Waals surface area contributed by atoms with E-state index in [9.17, 15) is 0 Å². The van der Waals surface area contributed by atoms with Crippen LogP contribution < -0.4 is 14.8 Å². The molecule has 3 aromatic rings. The van der Waals surface area contributed by atoms with Crippen LogP contribution in [0, 0.1) is 20.8 Å². The van der Waals surface area contributed by atoms with E-state index in [1.165, 1.54) is 16.7 Å². The maximum absolute atomic E-state index is 6.19. The predicted octanol–water partition coefficient (Wildman–Crippen LogP) is 6.54. The van der Waals surface area contributed by atoms with Gasteiger partial charge in [0.2, 0.25) is 0 Å². The van der Waals surface area contributed by atoms with Crippen molar-refractivity contribution >= 4 is 5.69 Å². The summed E-state index contributed by atoms with van der Waals surface area (Å²) in [6.45, 7) is 11.5. The summed E-state index contributed by atoms with van der Waals surface area (Å²) in [5.74, 6) is 1.53.